The van der Waals surface area contributed by atoms with Crippen molar-refractivity contribution in [2.75, 3.05) is 13.1 Å². The molecule has 5 rings (SSSR count). The van der Waals surface area contributed by atoms with Crippen molar-refractivity contribution in [3.63, 3.8) is 0 Å². The van der Waals surface area contributed by atoms with Crippen molar-refractivity contribution < 1.29 is 14.3 Å². The predicted octanol–water partition coefficient (Wildman–Crippen LogP) is 3.95. The largest absolute Gasteiger partial charge is 0.486 e. The standard InChI is InChI=1S/C26H25N3O3/c30-18-27-12-9-19-5-8-25-22(15-19)24(31)16-26(32-25)10-13-29(14-11-26)17-21-7-6-20-3-1-2-4-23(20)28-21/h1-9,12,15,18H,10-11,13-14,16-17H2,(H,27,30)/b12-9+. The Hall–Kier alpha value is -3.51. The number of para-hydroxylation sites is 1. The van der Waals surface area contributed by atoms with E-state index in [1.54, 1.807) is 12.3 Å². The van der Waals surface area contributed by atoms with Crippen LogP contribution in [0.4, 0.5) is 0 Å². The van der Waals surface area contributed by atoms with E-state index >= 15 is 0 Å². The number of amides is 1. The number of hydrogen-bond acceptors (Lipinski definition) is 5. The third-order valence-corrected chi connectivity index (χ3v) is 6.36. The average Bonchev–Trinajstić information content (AvgIpc) is 2.81. The second-order valence-corrected chi connectivity index (χ2v) is 8.53. The molecular formula is C26H25N3O3. The minimum absolute atomic E-state index is 0.120. The number of carbonyl (C=O) groups is 2. The molecule has 2 aliphatic heterocycles. The van der Waals surface area contributed by atoms with Crippen molar-refractivity contribution >= 4 is 29.2 Å². The Morgan fingerprint density at radius 1 is 1.09 bits per heavy atom. The van der Waals surface area contributed by atoms with Gasteiger partial charge >= 0.3 is 0 Å². The summed E-state index contributed by atoms with van der Waals surface area (Å²) >= 11 is 0. The van der Waals surface area contributed by atoms with Crippen LogP contribution in [0.25, 0.3) is 17.0 Å². The summed E-state index contributed by atoms with van der Waals surface area (Å²) < 4.78 is 6.41. The first-order valence-electron chi connectivity index (χ1n) is 10.9. The van der Waals surface area contributed by atoms with E-state index in [0.717, 1.165) is 54.6 Å². The van der Waals surface area contributed by atoms with Gasteiger partial charge < -0.3 is 10.1 Å². The minimum Gasteiger partial charge on any atom is -0.486 e. The highest BCUT2D eigenvalue weighted by Gasteiger charge is 2.42. The van der Waals surface area contributed by atoms with Gasteiger partial charge in [0.05, 0.1) is 23.2 Å². The number of carbonyl (C=O) groups excluding carboxylic acids is 2. The summed E-state index contributed by atoms with van der Waals surface area (Å²) in [7, 11) is 0. The molecule has 1 aromatic heterocycles. The van der Waals surface area contributed by atoms with Gasteiger partial charge in [0.25, 0.3) is 0 Å². The fraction of sp³-hybridized carbons (Fsp3) is 0.269. The quantitative estimate of drug-likeness (QED) is 0.625. The fourth-order valence-electron chi connectivity index (χ4n) is 4.62. The van der Waals surface area contributed by atoms with E-state index in [4.69, 9.17) is 9.72 Å². The van der Waals surface area contributed by atoms with E-state index < -0.39 is 5.60 Å². The number of nitrogens with zero attached hydrogens (tertiary/aromatic N) is 2. The van der Waals surface area contributed by atoms with Crippen LogP contribution < -0.4 is 10.1 Å². The molecule has 1 amide bonds. The number of fused-ring (bicyclic) bond motifs is 2. The average molecular weight is 428 g/mol. The van der Waals surface area contributed by atoms with Crippen molar-refractivity contribution in [1.29, 1.82) is 0 Å². The van der Waals surface area contributed by atoms with Gasteiger partial charge in [0.15, 0.2) is 5.78 Å². The maximum atomic E-state index is 12.9. The van der Waals surface area contributed by atoms with Crippen molar-refractivity contribution in [3.8, 4) is 5.75 Å². The lowest BCUT2D eigenvalue weighted by atomic mass is 9.82. The first-order chi connectivity index (χ1) is 15.6. The zero-order chi connectivity index (χ0) is 22.0. The minimum atomic E-state index is -0.423. The van der Waals surface area contributed by atoms with Gasteiger partial charge in [0.1, 0.15) is 11.4 Å². The molecule has 0 unspecified atom stereocenters. The Morgan fingerprint density at radius 3 is 2.78 bits per heavy atom. The number of Topliss-reactive ketones (excluding diaryl/α,β-unsaturated/α-hetero) is 1. The summed E-state index contributed by atoms with van der Waals surface area (Å²) in [5.74, 6) is 0.779. The van der Waals surface area contributed by atoms with Crippen LogP contribution in [0.1, 0.15) is 40.9 Å². The SMILES string of the molecule is O=CN/C=C/c1ccc2c(c1)C(=O)CC1(CCN(Cc3ccc4ccccc4n3)CC1)O2. The fourth-order valence-corrected chi connectivity index (χ4v) is 4.62. The molecule has 0 radical (unpaired) electrons. The lowest BCUT2D eigenvalue weighted by molar-refractivity contribution is -0.108. The van der Waals surface area contributed by atoms with E-state index in [2.05, 4.69) is 28.4 Å². The smallest absolute Gasteiger partial charge is 0.211 e. The van der Waals surface area contributed by atoms with E-state index in [-0.39, 0.29) is 5.78 Å². The number of aromatic nitrogens is 1. The van der Waals surface area contributed by atoms with Gasteiger partial charge in [-0.3, -0.25) is 19.5 Å². The Morgan fingerprint density at radius 2 is 1.94 bits per heavy atom. The van der Waals surface area contributed by atoms with Crippen molar-refractivity contribution in [2.24, 2.45) is 0 Å². The molecule has 3 heterocycles. The normalized spacial score (nSPS) is 17.9. The summed E-state index contributed by atoms with van der Waals surface area (Å²) in [6.45, 7) is 2.54. The molecule has 2 aromatic carbocycles. The Labute approximate surface area is 186 Å². The number of pyridine rings is 1. The molecule has 2 aliphatic rings. The topological polar surface area (TPSA) is 71.5 Å². The zero-order valence-electron chi connectivity index (χ0n) is 17.8. The predicted molar refractivity (Wildman–Crippen MR) is 123 cm³/mol. The molecule has 1 spiro atoms. The lowest BCUT2D eigenvalue weighted by Gasteiger charge is -2.44. The van der Waals surface area contributed by atoms with Crippen LogP contribution in [0.2, 0.25) is 0 Å². The summed E-state index contributed by atoms with van der Waals surface area (Å²) in [4.78, 5) is 30.5. The second-order valence-electron chi connectivity index (χ2n) is 8.53. The summed E-state index contributed by atoms with van der Waals surface area (Å²) in [5.41, 5.74) is 3.13. The molecule has 6 nitrogen and oxygen atoms in total. The van der Waals surface area contributed by atoms with Crippen LogP contribution in [-0.4, -0.2) is 40.8 Å². The monoisotopic (exact) mass is 427 g/mol. The molecule has 0 bridgehead atoms. The Balaban J connectivity index is 1.25. The lowest BCUT2D eigenvalue weighted by Crippen LogP contribution is -2.50. The van der Waals surface area contributed by atoms with Crippen molar-refractivity contribution in [1.82, 2.24) is 15.2 Å². The van der Waals surface area contributed by atoms with E-state index in [1.165, 1.54) is 0 Å². The third-order valence-electron chi connectivity index (χ3n) is 6.36. The van der Waals surface area contributed by atoms with Crippen molar-refractivity contribution in [3.05, 3.63) is 77.6 Å². The van der Waals surface area contributed by atoms with Gasteiger partial charge in [0, 0.05) is 44.1 Å². The number of likely N-dealkylation sites (tertiary alicyclic amines) is 1. The third kappa shape index (κ3) is 4.14. The highest BCUT2D eigenvalue weighted by molar-refractivity contribution is 6.01. The van der Waals surface area contributed by atoms with Gasteiger partial charge in [-0.25, -0.2) is 0 Å². The number of nitrogens with one attached hydrogen (secondary N) is 1. The summed E-state index contributed by atoms with van der Waals surface area (Å²) in [5, 5.41) is 3.63. The molecule has 1 N–H and O–H groups in total. The number of ketones is 1. The van der Waals surface area contributed by atoms with Gasteiger partial charge in [-0.1, -0.05) is 30.3 Å². The van der Waals surface area contributed by atoms with Gasteiger partial charge in [-0.2, -0.15) is 0 Å². The number of rotatable bonds is 5. The molecular weight excluding hydrogens is 402 g/mol. The van der Waals surface area contributed by atoms with Crippen LogP contribution in [0.3, 0.4) is 0 Å². The van der Waals surface area contributed by atoms with Crippen molar-refractivity contribution in [2.45, 2.75) is 31.4 Å². The summed E-state index contributed by atoms with van der Waals surface area (Å²) in [6, 6.07) is 18.0. The number of benzene rings is 2. The number of piperidine rings is 1. The number of ether oxygens (including phenoxy) is 1. The molecule has 0 saturated carbocycles. The molecule has 1 fully saturated rings. The van der Waals surface area contributed by atoms with Crippen LogP contribution in [-0.2, 0) is 11.3 Å². The van der Waals surface area contributed by atoms with Gasteiger partial charge in [-0.05, 0) is 35.9 Å². The van der Waals surface area contributed by atoms with Gasteiger partial charge in [0.2, 0.25) is 6.41 Å². The van der Waals surface area contributed by atoms with Crippen LogP contribution in [0.15, 0.2) is 60.8 Å². The molecule has 3 aromatic rings. The molecule has 0 atom stereocenters. The van der Waals surface area contributed by atoms with Crippen LogP contribution in [0, 0.1) is 0 Å². The highest BCUT2D eigenvalue weighted by Crippen LogP contribution is 2.40. The van der Waals surface area contributed by atoms with Gasteiger partial charge in [-0.15, -0.1) is 0 Å². The number of hydrogen-bond donors (Lipinski definition) is 1. The van der Waals surface area contributed by atoms with Crippen LogP contribution in [0.5, 0.6) is 5.75 Å². The van der Waals surface area contributed by atoms with E-state index in [1.807, 2.05) is 36.4 Å². The highest BCUT2D eigenvalue weighted by atomic mass is 16.5. The summed E-state index contributed by atoms with van der Waals surface area (Å²) in [6.07, 6.45) is 5.95. The first-order valence-corrected chi connectivity index (χ1v) is 10.9. The molecule has 6 heteroatoms. The maximum Gasteiger partial charge on any atom is 0.211 e. The van der Waals surface area contributed by atoms with E-state index in [0.29, 0.717) is 24.1 Å². The van der Waals surface area contributed by atoms with Crippen LogP contribution >= 0.6 is 0 Å². The first kappa shape index (κ1) is 20.4. The zero-order valence-corrected chi connectivity index (χ0v) is 17.8. The Bertz CT molecular complexity index is 1200. The molecule has 162 valence electrons. The van der Waals surface area contributed by atoms with E-state index in [9.17, 15) is 9.59 Å². The molecule has 1 saturated heterocycles. The second kappa shape index (κ2) is 8.55. The molecule has 0 aliphatic carbocycles. The Kier molecular flexibility index (Phi) is 5.45. The maximum absolute atomic E-state index is 12.9. The molecule has 32 heavy (non-hydrogen) atoms.